The minimum Gasteiger partial charge on any atom is -0.497 e. The maximum Gasteiger partial charge on any atom is 0.216 e. The molecule has 0 aliphatic rings. The van der Waals surface area contributed by atoms with Gasteiger partial charge in [0.25, 0.3) is 0 Å². The molecule has 0 radical (unpaired) electrons. The van der Waals surface area contributed by atoms with Crippen molar-refractivity contribution in [1.29, 1.82) is 5.26 Å². The Balaban J connectivity index is 1.91. The second-order valence-corrected chi connectivity index (χ2v) is 4.31. The van der Waals surface area contributed by atoms with Crippen molar-refractivity contribution in [2.45, 2.75) is 0 Å². The standard InChI is InChI=1S/C13H11N9O/c1-23-12-3-10(2-11(4-12)22-8-15-7-17-22)16-6-9(5-14)13-18-20-21-19-13/h2-4,6-8,16H,1H3,(H,18,19,20,21). The van der Waals surface area contributed by atoms with E-state index >= 15 is 0 Å². The van der Waals surface area contributed by atoms with Gasteiger partial charge in [0.2, 0.25) is 5.82 Å². The molecule has 0 atom stereocenters. The zero-order valence-electron chi connectivity index (χ0n) is 12.0. The number of nitriles is 1. The fourth-order valence-electron chi connectivity index (χ4n) is 1.84. The molecular formula is C13H11N9O. The number of aromatic amines is 1. The van der Waals surface area contributed by atoms with Crippen LogP contribution in [0.25, 0.3) is 11.3 Å². The van der Waals surface area contributed by atoms with E-state index in [1.54, 1.807) is 24.2 Å². The molecular weight excluding hydrogens is 298 g/mol. The highest BCUT2D eigenvalue weighted by Crippen LogP contribution is 2.23. The summed E-state index contributed by atoms with van der Waals surface area (Å²) in [5.74, 6) is 0.839. The molecule has 0 amide bonds. The summed E-state index contributed by atoms with van der Waals surface area (Å²) in [5.41, 5.74) is 1.70. The lowest BCUT2D eigenvalue weighted by Gasteiger charge is -2.09. The summed E-state index contributed by atoms with van der Waals surface area (Å²) in [6.07, 6.45) is 4.51. The van der Waals surface area contributed by atoms with Crippen molar-refractivity contribution in [1.82, 2.24) is 35.4 Å². The van der Waals surface area contributed by atoms with Crippen LogP contribution in [-0.4, -0.2) is 42.5 Å². The number of ether oxygens (including phenoxy) is 1. The minimum atomic E-state index is 0.208. The highest BCUT2D eigenvalue weighted by atomic mass is 16.5. The lowest BCUT2D eigenvalue weighted by Crippen LogP contribution is -1.99. The number of hydrogen-bond donors (Lipinski definition) is 2. The van der Waals surface area contributed by atoms with Crippen LogP contribution in [0.5, 0.6) is 5.75 Å². The third-order valence-electron chi connectivity index (χ3n) is 2.90. The SMILES string of the molecule is COc1cc(NC=C(C#N)c2nn[nH]n2)cc(-n2cncn2)c1. The third kappa shape index (κ3) is 3.13. The molecule has 0 aliphatic heterocycles. The number of tetrazole rings is 1. The molecule has 0 bridgehead atoms. The Morgan fingerprint density at radius 1 is 1.43 bits per heavy atom. The monoisotopic (exact) mass is 309 g/mol. The smallest absolute Gasteiger partial charge is 0.216 e. The molecule has 23 heavy (non-hydrogen) atoms. The fraction of sp³-hybridized carbons (Fsp3) is 0.0769. The summed E-state index contributed by atoms with van der Waals surface area (Å²) in [4.78, 5) is 3.91. The number of aromatic nitrogens is 7. The van der Waals surface area contributed by atoms with Crippen LogP contribution in [0.15, 0.2) is 37.1 Å². The van der Waals surface area contributed by atoms with E-state index in [4.69, 9.17) is 10.00 Å². The number of H-pyrrole nitrogens is 1. The highest BCUT2D eigenvalue weighted by molar-refractivity contribution is 5.74. The molecule has 10 heteroatoms. The topological polar surface area (TPSA) is 130 Å². The van der Waals surface area contributed by atoms with E-state index < -0.39 is 0 Å². The summed E-state index contributed by atoms with van der Waals surface area (Å²) < 4.78 is 6.87. The predicted molar refractivity (Wildman–Crippen MR) is 79.3 cm³/mol. The second-order valence-electron chi connectivity index (χ2n) is 4.31. The molecule has 0 fully saturated rings. The number of hydrogen-bond acceptors (Lipinski definition) is 8. The second kappa shape index (κ2) is 6.35. The molecule has 0 spiro atoms. The summed E-state index contributed by atoms with van der Waals surface area (Å²) in [7, 11) is 1.57. The number of allylic oxidation sites excluding steroid dienone is 1. The maximum atomic E-state index is 9.15. The van der Waals surface area contributed by atoms with Gasteiger partial charge in [-0.1, -0.05) is 0 Å². The van der Waals surface area contributed by atoms with Gasteiger partial charge < -0.3 is 10.1 Å². The number of rotatable bonds is 5. The molecule has 1 aromatic carbocycles. The van der Waals surface area contributed by atoms with Gasteiger partial charge in [0.1, 0.15) is 30.0 Å². The van der Waals surface area contributed by atoms with Crippen LogP contribution in [0.3, 0.4) is 0 Å². The average molecular weight is 309 g/mol. The van der Waals surface area contributed by atoms with Crippen LogP contribution in [0.2, 0.25) is 0 Å². The van der Waals surface area contributed by atoms with Crippen LogP contribution >= 0.6 is 0 Å². The quantitative estimate of drug-likeness (QED) is 0.661. The molecule has 2 N–H and O–H groups in total. The summed E-state index contributed by atoms with van der Waals surface area (Å²) in [6, 6.07) is 7.43. The first kappa shape index (κ1) is 14.2. The Bertz CT molecular complexity index is 846. The summed E-state index contributed by atoms with van der Waals surface area (Å²) >= 11 is 0. The zero-order valence-corrected chi connectivity index (χ0v) is 12.0. The fourth-order valence-corrected chi connectivity index (χ4v) is 1.84. The zero-order chi connectivity index (χ0) is 16.1. The largest absolute Gasteiger partial charge is 0.497 e. The summed E-state index contributed by atoms with van der Waals surface area (Å²) in [5, 5.41) is 29.5. The maximum absolute atomic E-state index is 9.15. The van der Waals surface area contributed by atoms with E-state index in [0.29, 0.717) is 11.4 Å². The Morgan fingerprint density at radius 2 is 2.35 bits per heavy atom. The molecule has 3 aromatic rings. The number of nitrogens with zero attached hydrogens (tertiary/aromatic N) is 7. The van der Waals surface area contributed by atoms with E-state index in [0.717, 1.165) is 5.69 Å². The normalized spacial score (nSPS) is 11.0. The molecule has 0 aliphatic carbocycles. The molecule has 3 rings (SSSR count). The minimum absolute atomic E-state index is 0.208. The molecule has 2 aromatic heterocycles. The Labute approximate surface area is 130 Å². The molecule has 0 saturated carbocycles. The van der Waals surface area contributed by atoms with Crippen LogP contribution < -0.4 is 10.1 Å². The van der Waals surface area contributed by atoms with Crippen molar-refractivity contribution < 1.29 is 4.74 Å². The van der Waals surface area contributed by atoms with E-state index in [1.807, 2.05) is 18.2 Å². The van der Waals surface area contributed by atoms with E-state index in [9.17, 15) is 0 Å². The first-order valence-corrected chi connectivity index (χ1v) is 6.45. The van der Waals surface area contributed by atoms with Crippen molar-refractivity contribution in [3.8, 4) is 17.5 Å². The predicted octanol–water partition coefficient (Wildman–Crippen LogP) is 0.766. The van der Waals surface area contributed by atoms with Gasteiger partial charge in [-0.15, -0.1) is 10.2 Å². The van der Waals surface area contributed by atoms with Crippen molar-refractivity contribution in [3.05, 3.63) is 42.9 Å². The van der Waals surface area contributed by atoms with E-state index in [1.165, 1.54) is 12.5 Å². The van der Waals surface area contributed by atoms with Crippen molar-refractivity contribution >= 4 is 11.3 Å². The van der Waals surface area contributed by atoms with Gasteiger partial charge in [0.05, 0.1) is 12.8 Å². The van der Waals surface area contributed by atoms with Crippen LogP contribution in [0.1, 0.15) is 5.82 Å². The molecule has 114 valence electrons. The van der Waals surface area contributed by atoms with Gasteiger partial charge in [-0.05, 0) is 11.3 Å². The average Bonchev–Trinajstić information content (AvgIpc) is 3.29. The Kier molecular flexibility index (Phi) is 3.92. The Hall–Kier alpha value is -3.74. The molecule has 2 heterocycles. The first-order valence-electron chi connectivity index (χ1n) is 6.45. The van der Waals surface area contributed by atoms with E-state index in [2.05, 4.69) is 36.0 Å². The number of nitrogens with one attached hydrogen (secondary N) is 2. The van der Waals surface area contributed by atoms with Gasteiger partial charge in [0.15, 0.2) is 0 Å². The molecule has 0 unspecified atom stereocenters. The van der Waals surface area contributed by atoms with Gasteiger partial charge in [-0.2, -0.15) is 15.6 Å². The van der Waals surface area contributed by atoms with Gasteiger partial charge in [0, 0.05) is 24.0 Å². The number of benzene rings is 1. The van der Waals surface area contributed by atoms with Crippen molar-refractivity contribution in [2.24, 2.45) is 0 Å². The molecule has 10 nitrogen and oxygen atoms in total. The lowest BCUT2D eigenvalue weighted by atomic mass is 10.2. The van der Waals surface area contributed by atoms with Gasteiger partial charge in [-0.3, -0.25) is 0 Å². The number of methoxy groups -OCH3 is 1. The number of anilines is 1. The first-order chi connectivity index (χ1) is 11.3. The van der Waals surface area contributed by atoms with Crippen LogP contribution in [0.4, 0.5) is 5.69 Å². The van der Waals surface area contributed by atoms with Crippen molar-refractivity contribution in [3.63, 3.8) is 0 Å². The third-order valence-corrected chi connectivity index (χ3v) is 2.90. The van der Waals surface area contributed by atoms with Gasteiger partial charge in [-0.25, -0.2) is 9.67 Å². The van der Waals surface area contributed by atoms with Crippen molar-refractivity contribution in [2.75, 3.05) is 12.4 Å². The lowest BCUT2D eigenvalue weighted by molar-refractivity contribution is 0.414. The Morgan fingerprint density at radius 3 is 3.00 bits per heavy atom. The van der Waals surface area contributed by atoms with Crippen LogP contribution in [-0.2, 0) is 0 Å². The van der Waals surface area contributed by atoms with Crippen LogP contribution in [0, 0.1) is 11.3 Å². The molecule has 0 saturated heterocycles. The summed E-state index contributed by atoms with van der Waals surface area (Å²) in [6.45, 7) is 0. The van der Waals surface area contributed by atoms with Gasteiger partial charge >= 0.3 is 0 Å². The highest BCUT2D eigenvalue weighted by Gasteiger charge is 2.07. The van der Waals surface area contributed by atoms with E-state index in [-0.39, 0.29) is 11.4 Å².